The summed E-state index contributed by atoms with van der Waals surface area (Å²) < 4.78 is 6.00. The van der Waals surface area contributed by atoms with Crippen molar-refractivity contribution in [1.82, 2.24) is 10.3 Å². The van der Waals surface area contributed by atoms with Crippen LogP contribution in [-0.2, 0) is 6.54 Å². The lowest BCUT2D eigenvalue weighted by atomic mass is 10.1. The SMILES string of the molecule is CNCc1cnc(OCC2CCCC2)c2ccccc12. The van der Waals surface area contributed by atoms with E-state index in [0.29, 0.717) is 5.92 Å². The molecule has 0 unspecified atom stereocenters. The molecule has 3 heteroatoms. The van der Waals surface area contributed by atoms with E-state index in [4.69, 9.17) is 4.74 Å². The molecule has 1 aliphatic rings. The fraction of sp³-hybridized carbons (Fsp3) is 0.471. The lowest BCUT2D eigenvalue weighted by molar-refractivity contribution is 0.246. The Bertz CT molecular complexity index is 576. The first-order valence-corrected chi connectivity index (χ1v) is 7.52. The predicted octanol–water partition coefficient (Wildman–Crippen LogP) is 3.52. The number of aromatic nitrogens is 1. The number of rotatable bonds is 5. The molecule has 1 aromatic carbocycles. The van der Waals surface area contributed by atoms with Crippen LogP contribution in [0.2, 0.25) is 0 Å². The largest absolute Gasteiger partial charge is 0.477 e. The van der Waals surface area contributed by atoms with Gasteiger partial charge in [-0.3, -0.25) is 0 Å². The van der Waals surface area contributed by atoms with Crippen molar-refractivity contribution < 1.29 is 4.74 Å². The highest BCUT2D eigenvalue weighted by Gasteiger charge is 2.16. The quantitative estimate of drug-likeness (QED) is 0.902. The van der Waals surface area contributed by atoms with Crippen LogP contribution in [0.3, 0.4) is 0 Å². The zero-order chi connectivity index (χ0) is 13.8. The average Bonchev–Trinajstić information content (AvgIpc) is 3.00. The third kappa shape index (κ3) is 2.78. The molecule has 0 spiro atoms. The minimum Gasteiger partial charge on any atom is -0.477 e. The second-order valence-corrected chi connectivity index (χ2v) is 5.63. The third-order valence-corrected chi connectivity index (χ3v) is 4.14. The number of benzene rings is 1. The number of fused-ring (bicyclic) bond motifs is 1. The van der Waals surface area contributed by atoms with Crippen LogP contribution in [-0.4, -0.2) is 18.6 Å². The molecule has 0 bridgehead atoms. The van der Waals surface area contributed by atoms with E-state index in [1.807, 2.05) is 13.2 Å². The maximum atomic E-state index is 6.00. The van der Waals surface area contributed by atoms with Crippen LogP contribution in [0.25, 0.3) is 10.8 Å². The highest BCUT2D eigenvalue weighted by atomic mass is 16.5. The maximum absolute atomic E-state index is 6.00. The van der Waals surface area contributed by atoms with E-state index in [0.717, 1.165) is 24.4 Å². The van der Waals surface area contributed by atoms with Crippen LogP contribution in [0, 0.1) is 5.92 Å². The van der Waals surface area contributed by atoms with Crippen LogP contribution in [0.15, 0.2) is 30.5 Å². The molecular formula is C17H22N2O. The number of ether oxygens (including phenoxy) is 1. The van der Waals surface area contributed by atoms with E-state index in [1.54, 1.807) is 0 Å². The van der Waals surface area contributed by atoms with Gasteiger partial charge in [-0.1, -0.05) is 31.0 Å². The molecule has 3 nitrogen and oxygen atoms in total. The van der Waals surface area contributed by atoms with Crippen LogP contribution < -0.4 is 10.1 Å². The maximum Gasteiger partial charge on any atom is 0.221 e. The van der Waals surface area contributed by atoms with Crippen LogP contribution in [0.1, 0.15) is 31.2 Å². The van der Waals surface area contributed by atoms with Crippen molar-refractivity contribution in [2.75, 3.05) is 13.7 Å². The normalized spacial score (nSPS) is 15.8. The van der Waals surface area contributed by atoms with Gasteiger partial charge < -0.3 is 10.1 Å². The lowest BCUT2D eigenvalue weighted by Crippen LogP contribution is -2.10. The summed E-state index contributed by atoms with van der Waals surface area (Å²) in [7, 11) is 1.96. The Morgan fingerprint density at radius 2 is 1.95 bits per heavy atom. The Balaban J connectivity index is 1.85. The first-order chi connectivity index (χ1) is 9.88. The van der Waals surface area contributed by atoms with E-state index >= 15 is 0 Å². The van der Waals surface area contributed by atoms with Crippen molar-refractivity contribution in [2.24, 2.45) is 5.92 Å². The van der Waals surface area contributed by atoms with Crippen molar-refractivity contribution in [3.63, 3.8) is 0 Å². The van der Waals surface area contributed by atoms with Gasteiger partial charge in [0.15, 0.2) is 0 Å². The van der Waals surface area contributed by atoms with Gasteiger partial charge in [0, 0.05) is 18.1 Å². The second-order valence-electron chi connectivity index (χ2n) is 5.63. The minimum atomic E-state index is 0.715. The summed E-state index contributed by atoms with van der Waals surface area (Å²) in [6, 6.07) is 8.37. The number of hydrogen-bond donors (Lipinski definition) is 1. The zero-order valence-corrected chi connectivity index (χ0v) is 12.1. The smallest absolute Gasteiger partial charge is 0.221 e. The first kappa shape index (κ1) is 13.4. The van der Waals surface area contributed by atoms with Gasteiger partial charge in [0.05, 0.1) is 6.61 Å². The second kappa shape index (κ2) is 6.23. The number of nitrogens with zero attached hydrogens (tertiary/aromatic N) is 1. The molecule has 0 radical (unpaired) electrons. The average molecular weight is 270 g/mol. The summed E-state index contributed by atoms with van der Waals surface area (Å²) in [4.78, 5) is 4.52. The van der Waals surface area contributed by atoms with Crippen LogP contribution >= 0.6 is 0 Å². The minimum absolute atomic E-state index is 0.715. The summed E-state index contributed by atoms with van der Waals surface area (Å²) in [6.07, 6.45) is 7.24. The number of nitrogens with one attached hydrogen (secondary N) is 1. The molecule has 0 saturated heterocycles. The molecule has 1 heterocycles. The molecule has 2 aromatic rings. The number of pyridine rings is 1. The Hall–Kier alpha value is -1.61. The summed E-state index contributed by atoms with van der Waals surface area (Å²) in [5.41, 5.74) is 1.22. The van der Waals surface area contributed by atoms with Crippen molar-refractivity contribution in [3.05, 3.63) is 36.0 Å². The van der Waals surface area contributed by atoms with Gasteiger partial charge in [-0.2, -0.15) is 0 Å². The highest BCUT2D eigenvalue weighted by Crippen LogP contribution is 2.29. The Morgan fingerprint density at radius 3 is 2.70 bits per heavy atom. The molecule has 106 valence electrons. The molecule has 20 heavy (non-hydrogen) atoms. The zero-order valence-electron chi connectivity index (χ0n) is 12.1. The standard InChI is InChI=1S/C17H22N2O/c1-18-10-14-11-19-17(16-9-5-4-8-15(14)16)20-12-13-6-2-3-7-13/h4-5,8-9,11,13,18H,2-3,6-7,10,12H2,1H3. The predicted molar refractivity (Wildman–Crippen MR) is 82.0 cm³/mol. The van der Waals surface area contributed by atoms with Crippen molar-refractivity contribution in [1.29, 1.82) is 0 Å². The first-order valence-electron chi connectivity index (χ1n) is 7.52. The van der Waals surface area contributed by atoms with E-state index in [-0.39, 0.29) is 0 Å². The molecule has 1 fully saturated rings. The van der Waals surface area contributed by atoms with Gasteiger partial charge in [-0.15, -0.1) is 0 Å². The molecular weight excluding hydrogens is 248 g/mol. The van der Waals surface area contributed by atoms with E-state index < -0.39 is 0 Å². The molecule has 3 rings (SSSR count). The lowest BCUT2D eigenvalue weighted by Gasteiger charge is -2.14. The molecule has 1 saturated carbocycles. The van der Waals surface area contributed by atoms with Gasteiger partial charge in [-0.25, -0.2) is 4.98 Å². The van der Waals surface area contributed by atoms with Crippen molar-refractivity contribution in [3.8, 4) is 5.88 Å². The molecule has 0 atom stereocenters. The fourth-order valence-corrected chi connectivity index (χ4v) is 3.05. The van der Waals surface area contributed by atoms with Gasteiger partial charge >= 0.3 is 0 Å². The molecule has 1 aromatic heterocycles. The highest BCUT2D eigenvalue weighted by molar-refractivity contribution is 5.89. The molecule has 1 aliphatic carbocycles. The van der Waals surface area contributed by atoms with Gasteiger partial charge in [0.1, 0.15) is 0 Å². The summed E-state index contributed by atoms with van der Waals surface area (Å²) in [6.45, 7) is 1.64. The van der Waals surface area contributed by atoms with Gasteiger partial charge in [-0.05, 0) is 42.8 Å². The van der Waals surface area contributed by atoms with E-state index in [1.165, 1.54) is 36.6 Å². The van der Waals surface area contributed by atoms with E-state index in [9.17, 15) is 0 Å². The topological polar surface area (TPSA) is 34.2 Å². The van der Waals surface area contributed by atoms with Gasteiger partial charge in [0.2, 0.25) is 5.88 Å². The molecule has 0 aliphatic heterocycles. The molecule has 0 amide bonds. The summed E-state index contributed by atoms with van der Waals surface area (Å²) in [5.74, 6) is 1.50. The van der Waals surface area contributed by atoms with E-state index in [2.05, 4.69) is 34.6 Å². The third-order valence-electron chi connectivity index (χ3n) is 4.14. The van der Waals surface area contributed by atoms with Crippen molar-refractivity contribution in [2.45, 2.75) is 32.2 Å². The summed E-state index contributed by atoms with van der Waals surface area (Å²) >= 11 is 0. The Morgan fingerprint density at radius 1 is 1.20 bits per heavy atom. The number of hydrogen-bond acceptors (Lipinski definition) is 3. The van der Waals surface area contributed by atoms with Crippen LogP contribution in [0.4, 0.5) is 0 Å². The summed E-state index contributed by atoms with van der Waals surface area (Å²) in [5, 5.41) is 5.55. The van der Waals surface area contributed by atoms with Crippen molar-refractivity contribution >= 4 is 10.8 Å². The Kier molecular flexibility index (Phi) is 4.16. The Labute approximate surface area is 120 Å². The molecule has 1 N–H and O–H groups in total. The van der Waals surface area contributed by atoms with Crippen LogP contribution in [0.5, 0.6) is 5.88 Å². The monoisotopic (exact) mass is 270 g/mol. The van der Waals surface area contributed by atoms with Gasteiger partial charge in [0.25, 0.3) is 0 Å². The fourth-order valence-electron chi connectivity index (χ4n) is 3.05.